The Kier molecular flexibility index (Phi) is 3.87. The minimum Gasteiger partial charge on any atom is -0.392 e. The fourth-order valence-corrected chi connectivity index (χ4v) is 3.64. The first-order valence-electron chi connectivity index (χ1n) is 7.79. The van der Waals surface area contributed by atoms with Crippen molar-refractivity contribution in [1.29, 1.82) is 0 Å². The number of hydrogen-bond donors (Lipinski definition) is 1. The van der Waals surface area contributed by atoms with Crippen molar-refractivity contribution in [3.63, 3.8) is 0 Å². The Hall–Kier alpha value is -0.900. The molecule has 2 saturated carbocycles. The molecule has 0 saturated heterocycles. The molecule has 4 heteroatoms. The fourth-order valence-electron chi connectivity index (χ4n) is 3.64. The van der Waals surface area contributed by atoms with Crippen molar-refractivity contribution < 1.29 is 9.63 Å². The molecular formula is C15H24N2O2. The average molecular weight is 264 g/mol. The summed E-state index contributed by atoms with van der Waals surface area (Å²) < 4.78 is 5.43. The lowest BCUT2D eigenvalue weighted by molar-refractivity contribution is 0.0908. The predicted molar refractivity (Wildman–Crippen MR) is 71.9 cm³/mol. The molecule has 0 radical (unpaired) electrons. The topological polar surface area (TPSA) is 59.2 Å². The number of aliphatic hydroxyl groups is 1. The van der Waals surface area contributed by atoms with Gasteiger partial charge in [-0.25, -0.2) is 0 Å². The largest absolute Gasteiger partial charge is 0.392 e. The number of aromatic nitrogens is 2. The highest BCUT2D eigenvalue weighted by molar-refractivity contribution is 5.04. The molecule has 0 aliphatic heterocycles. The van der Waals surface area contributed by atoms with E-state index < -0.39 is 0 Å². The summed E-state index contributed by atoms with van der Waals surface area (Å²) >= 11 is 0. The number of rotatable bonds is 3. The summed E-state index contributed by atoms with van der Waals surface area (Å²) in [5, 5.41) is 14.2. The van der Waals surface area contributed by atoms with Gasteiger partial charge in [-0.05, 0) is 38.0 Å². The maximum Gasteiger partial charge on any atom is 0.232 e. The third-order valence-electron chi connectivity index (χ3n) is 4.99. The zero-order valence-electron chi connectivity index (χ0n) is 11.7. The molecule has 1 aromatic rings. The van der Waals surface area contributed by atoms with Crippen molar-refractivity contribution in [2.24, 2.45) is 5.92 Å². The normalized spacial score (nSPS) is 35.7. The van der Waals surface area contributed by atoms with Crippen LogP contribution in [0.5, 0.6) is 0 Å². The SMILES string of the molecule is CCC1CCC(c2noc(C3CCCCC3O)n2)C1. The van der Waals surface area contributed by atoms with Gasteiger partial charge in [-0.3, -0.25) is 0 Å². The minimum absolute atomic E-state index is 0.0679. The Balaban J connectivity index is 1.69. The van der Waals surface area contributed by atoms with Gasteiger partial charge in [-0.2, -0.15) is 4.98 Å². The summed E-state index contributed by atoms with van der Waals surface area (Å²) in [5.74, 6) is 2.92. The van der Waals surface area contributed by atoms with E-state index in [1.54, 1.807) is 0 Å². The van der Waals surface area contributed by atoms with Gasteiger partial charge in [0.05, 0.1) is 12.0 Å². The standard InChI is InChI=1S/C15H24N2O2/c1-2-10-7-8-11(9-10)14-16-15(19-17-14)12-5-3-4-6-13(12)18/h10-13,18H,2-9H2,1H3. The van der Waals surface area contributed by atoms with Crippen LogP contribution in [0.15, 0.2) is 4.52 Å². The Morgan fingerprint density at radius 1 is 1.21 bits per heavy atom. The van der Waals surface area contributed by atoms with Gasteiger partial charge in [0.25, 0.3) is 0 Å². The van der Waals surface area contributed by atoms with E-state index in [0.717, 1.165) is 37.4 Å². The monoisotopic (exact) mass is 264 g/mol. The Labute approximate surface area is 114 Å². The Bertz CT molecular complexity index is 418. The van der Waals surface area contributed by atoms with Crippen LogP contribution in [0.3, 0.4) is 0 Å². The van der Waals surface area contributed by atoms with Crippen LogP contribution in [-0.2, 0) is 0 Å². The predicted octanol–water partition coefficient (Wildman–Crippen LogP) is 3.38. The first-order chi connectivity index (χ1) is 9.28. The smallest absolute Gasteiger partial charge is 0.232 e. The van der Waals surface area contributed by atoms with Crippen LogP contribution in [0, 0.1) is 5.92 Å². The maximum absolute atomic E-state index is 10.0. The van der Waals surface area contributed by atoms with Gasteiger partial charge in [-0.15, -0.1) is 0 Å². The second kappa shape index (κ2) is 5.61. The summed E-state index contributed by atoms with van der Waals surface area (Å²) in [5.41, 5.74) is 0. The molecule has 2 fully saturated rings. The number of hydrogen-bond acceptors (Lipinski definition) is 4. The third kappa shape index (κ3) is 2.69. The molecule has 4 unspecified atom stereocenters. The molecular weight excluding hydrogens is 240 g/mol. The maximum atomic E-state index is 10.0. The summed E-state index contributed by atoms with van der Waals surface area (Å²) in [6, 6.07) is 0. The van der Waals surface area contributed by atoms with Gasteiger partial charge in [0.2, 0.25) is 5.89 Å². The van der Waals surface area contributed by atoms with Crippen LogP contribution < -0.4 is 0 Å². The van der Waals surface area contributed by atoms with Crippen LogP contribution in [0.4, 0.5) is 0 Å². The Morgan fingerprint density at radius 3 is 2.79 bits per heavy atom. The summed E-state index contributed by atoms with van der Waals surface area (Å²) in [4.78, 5) is 4.60. The number of nitrogens with zero attached hydrogens (tertiary/aromatic N) is 2. The van der Waals surface area contributed by atoms with E-state index in [1.165, 1.54) is 25.7 Å². The van der Waals surface area contributed by atoms with Gasteiger partial charge in [0.1, 0.15) is 0 Å². The summed E-state index contributed by atoms with van der Waals surface area (Å²) in [6.45, 7) is 2.26. The fraction of sp³-hybridized carbons (Fsp3) is 0.867. The lowest BCUT2D eigenvalue weighted by Gasteiger charge is -2.24. The molecule has 0 spiro atoms. The average Bonchev–Trinajstić information content (AvgIpc) is 3.08. The lowest BCUT2D eigenvalue weighted by Crippen LogP contribution is -2.22. The molecule has 1 aromatic heterocycles. The first kappa shape index (κ1) is 13.1. The number of aliphatic hydroxyl groups excluding tert-OH is 1. The molecule has 1 heterocycles. The van der Waals surface area contributed by atoms with Crippen molar-refractivity contribution in [2.75, 3.05) is 0 Å². The quantitative estimate of drug-likeness (QED) is 0.909. The van der Waals surface area contributed by atoms with Crippen molar-refractivity contribution in [3.8, 4) is 0 Å². The molecule has 2 aliphatic carbocycles. The molecule has 106 valence electrons. The van der Waals surface area contributed by atoms with Crippen LogP contribution >= 0.6 is 0 Å². The van der Waals surface area contributed by atoms with Crippen molar-refractivity contribution in [2.45, 2.75) is 76.2 Å². The zero-order valence-corrected chi connectivity index (χ0v) is 11.7. The zero-order chi connectivity index (χ0) is 13.2. The highest BCUT2D eigenvalue weighted by Gasteiger charge is 2.32. The molecule has 0 bridgehead atoms. The molecule has 3 rings (SSSR count). The second-order valence-corrected chi connectivity index (χ2v) is 6.23. The Morgan fingerprint density at radius 2 is 2.05 bits per heavy atom. The molecule has 4 atom stereocenters. The summed E-state index contributed by atoms with van der Waals surface area (Å²) in [7, 11) is 0. The van der Waals surface area contributed by atoms with E-state index in [2.05, 4.69) is 17.1 Å². The third-order valence-corrected chi connectivity index (χ3v) is 4.99. The highest BCUT2D eigenvalue weighted by atomic mass is 16.5. The molecule has 0 amide bonds. The molecule has 2 aliphatic rings. The molecule has 1 N–H and O–H groups in total. The van der Waals surface area contributed by atoms with Gasteiger partial charge in [0, 0.05) is 5.92 Å². The van der Waals surface area contributed by atoms with Crippen LogP contribution in [0.25, 0.3) is 0 Å². The van der Waals surface area contributed by atoms with Crippen molar-refractivity contribution in [3.05, 3.63) is 11.7 Å². The van der Waals surface area contributed by atoms with Crippen LogP contribution in [-0.4, -0.2) is 21.4 Å². The van der Waals surface area contributed by atoms with E-state index in [1.807, 2.05) is 0 Å². The minimum atomic E-state index is -0.297. The van der Waals surface area contributed by atoms with Gasteiger partial charge in [-0.1, -0.05) is 31.3 Å². The van der Waals surface area contributed by atoms with Crippen molar-refractivity contribution in [1.82, 2.24) is 10.1 Å². The van der Waals surface area contributed by atoms with Gasteiger partial charge < -0.3 is 9.63 Å². The molecule has 4 nitrogen and oxygen atoms in total. The lowest BCUT2D eigenvalue weighted by atomic mass is 9.86. The van der Waals surface area contributed by atoms with E-state index in [9.17, 15) is 5.11 Å². The van der Waals surface area contributed by atoms with E-state index >= 15 is 0 Å². The second-order valence-electron chi connectivity index (χ2n) is 6.23. The molecule has 19 heavy (non-hydrogen) atoms. The van der Waals surface area contributed by atoms with E-state index in [4.69, 9.17) is 4.52 Å². The van der Waals surface area contributed by atoms with Gasteiger partial charge >= 0.3 is 0 Å². The molecule has 0 aromatic carbocycles. The van der Waals surface area contributed by atoms with Crippen LogP contribution in [0.1, 0.15) is 81.8 Å². The summed E-state index contributed by atoms with van der Waals surface area (Å²) in [6.07, 6.45) is 8.73. The van der Waals surface area contributed by atoms with Gasteiger partial charge in [0.15, 0.2) is 5.82 Å². The first-order valence-corrected chi connectivity index (χ1v) is 7.79. The van der Waals surface area contributed by atoms with Crippen molar-refractivity contribution >= 4 is 0 Å². The van der Waals surface area contributed by atoms with Crippen LogP contribution in [0.2, 0.25) is 0 Å². The van der Waals surface area contributed by atoms with E-state index in [0.29, 0.717) is 11.8 Å². The highest BCUT2D eigenvalue weighted by Crippen LogP contribution is 2.39. The van der Waals surface area contributed by atoms with E-state index in [-0.39, 0.29) is 12.0 Å².